The molecule has 0 radical (unpaired) electrons. The van der Waals surface area contributed by atoms with E-state index in [1.807, 2.05) is 6.07 Å². The molecule has 0 bridgehead atoms. The molecule has 0 fully saturated rings. The predicted octanol–water partition coefficient (Wildman–Crippen LogP) is 2.77. The Bertz CT molecular complexity index is 750. The van der Waals surface area contributed by atoms with E-state index in [4.69, 9.17) is 4.74 Å². The molecule has 1 atom stereocenters. The normalized spacial score (nSPS) is 11.3. The van der Waals surface area contributed by atoms with Crippen molar-refractivity contribution in [3.05, 3.63) is 75.3 Å². The SMILES string of the molecule is COC(=O)[C@@H](c1ccccc1)c1ccc([N+](=O)[O-])cc1C#N. The van der Waals surface area contributed by atoms with Crippen LogP contribution in [0.2, 0.25) is 0 Å². The second kappa shape index (κ2) is 6.50. The monoisotopic (exact) mass is 296 g/mol. The molecule has 2 rings (SSSR count). The standard InChI is InChI=1S/C16H12N2O4/c1-22-16(19)15(11-5-3-2-4-6-11)14-8-7-13(18(20)21)9-12(14)10-17/h2-9,15H,1H3/t15-/m0/s1. The molecular formula is C16H12N2O4. The first-order valence-corrected chi connectivity index (χ1v) is 6.39. The fraction of sp³-hybridized carbons (Fsp3) is 0.125. The topological polar surface area (TPSA) is 93.2 Å². The molecule has 0 saturated carbocycles. The molecule has 22 heavy (non-hydrogen) atoms. The maximum absolute atomic E-state index is 12.1. The summed E-state index contributed by atoms with van der Waals surface area (Å²) >= 11 is 0. The Kier molecular flexibility index (Phi) is 4.49. The van der Waals surface area contributed by atoms with Gasteiger partial charge in [0.2, 0.25) is 0 Å². The third-order valence-corrected chi connectivity index (χ3v) is 3.25. The molecule has 0 heterocycles. The number of nitriles is 1. The third-order valence-electron chi connectivity index (χ3n) is 3.25. The molecule has 0 amide bonds. The number of nitro benzene ring substituents is 1. The van der Waals surface area contributed by atoms with Crippen LogP contribution in [0.25, 0.3) is 0 Å². The summed E-state index contributed by atoms with van der Waals surface area (Å²) in [5.41, 5.74) is 0.913. The van der Waals surface area contributed by atoms with Crippen molar-refractivity contribution >= 4 is 11.7 Å². The summed E-state index contributed by atoms with van der Waals surface area (Å²) in [6, 6.07) is 14.6. The highest BCUT2D eigenvalue weighted by molar-refractivity contribution is 5.83. The number of carbonyl (C=O) groups excluding carboxylic acids is 1. The van der Waals surface area contributed by atoms with Crippen LogP contribution in [0.5, 0.6) is 0 Å². The molecule has 0 aliphatic rings. The molecule has 0 saturated heterocycles. The number of nitrogens with zero attached hydrogens (tertiary/aromatic N) is 2. The first kappa shape index (κ1) is 15.2. The Balaban J connectivity index is 2.61. The molecule has 0 unspecified atom stereocenters. The van der Waals surface area contributed by atoms with Crippen LogP contribution >= 0.6 is 0 Å². The minimum Gasteiger partial charge on any atom is -0.468 e. The number of hydrogen-bond donors (Lipinski definition) is 0. The minimum atomic E-state index is -0.804. The third kappa shape index (κ3) is 2.94. The van der Waals surface area contributed by atoms with Crippen molar-refractivity contribution in [2.24, 2.45) is 0 Å². The van der Waals surface area contributed by atoms with Gasteiger partial charge in [-0.2, -0.15) is 5.26 Å². The molecule has 110 valence electrons. The summed E-state index contributed by atoms with van der Waals surface area (Å²) in [5.74, 6) is -1.33. The number of methoxy groups -OCH3 is 1. The highest BCUT2D eigenvalue weighted by atomic mass is 16.6. The van der Waals surface area contributed by atoms with Crippen LogP contribution in [-0.4, -0.2) is 18.0 Å². The van der Waals surface area contributed by atoms with E-state index in [0.29, 0.717) is 11.1 Å². The van der Waals surface area contributed by atoms with Gasteiger partial charge < -0.3 is 4.74 Å². The number of nitro groups is 1. The van der Waals surface area contributed by atoms with Crippen LogP contribution in [0.4, 0.5) is 5.69 Å². The fourth-order valence-electron chi connectivity index (χ4n) is 2.21. The Morgan fingerprint density at radius 3 is 2.50 bits per heavy atom. The number of hydrogen-bond acceptors (Lipinski definition) is 5. The van der Waals surface area contributed by atoms with E-state index in [9.17, 15) is 20.2 Å². The number of esters is 1. The van der Waals surface area contributed by atoms with Crippen LogP contribution in [0, 0.1) is 21.4 Å². The lowest BCUT2D eigenvalue weighted by Gasteiger charge is -2.16. The van der Waals surface area contributed by atoms with Crippen molar-refractivity contribution in [2.45, 2.75) is 5.92 Å². The minimum absolute atomic E-state index is 0.0773. The van der Waals surface area contributed by atoms with Gasteiger partial charge in [-0.1, -0.05) is 30.3 Å². The lowest BCUT2D eigenvalue weighted by atomic mass is 9.88. The molecule has 0 spiro atoms. The van der Waals surface area contributed by atoms with E-state index < -0.39 is 16.8 Å². The number of rotatable bonds is 4. The summed E-state index contributed by atoms with van der Waals surface area (Å²) in [6.45, 7) is 0. The lowest BCUT2D eigenvalue weighted by Crippen LogP contribution is -2.17. The van der Waals surface area contributed by atoms with Crippen LogP contribution < -0.4 is 0 Å². The predicted molar refractivity (Wildman–Crippen MR) is 78.1 cm³/mol. The average Bonchev–Trinajstić information content (AvgIpc) is 2.55. The highest BCUT2D eigenvalue weighted by Crippen LogP contribution is 2.30. The zero-order valence-corrected chi connectivity index (χ0v) is 11.7. The summed E-state index contributed by atoms with van der Waals surface area (Å²) in [6.07, 6.45) is 0. The van der Waals surface area contributed by atoms with Crippen molar-refractivity contribution in [2.75, 3.05) is 7.11 Å². The molecule has 0 aliphatic carbocycles. The number of benzene rings is 2. The summed E-state index contributed by atoms with van der Waals surface area (Å²) in [7, 11) is 1.26. The van der Waals surface area contributed by atoms with Crippen molar-refractivity contribution in [1.82, 2.24) is 0 Å². The summed E-state index contributed by atoms with van der Waals surface area (Å²) in [5, 5.41) is 20.1. The van der Waals surface area contributed by atoms with Crippen LogP contribution in [0.3, 0.4) is 0 Å². The van der Waals surface area contributed by atoms with E-state index in [0.717, 1.165) is 6.07 Å². The van der Waals surface area contributed by atoms with Gasteiger partial charge in [0, 0.05) is 12.1 Å². The van der Waals surface area contributed by atoms with Gasteiger partial charge in [0.25, 0.3) is 5.69 Å². The first-order chi connectivity index (χ1) is 10.6. The quantitative estimate of drug-likeness (QED) is 0.491. The first-order valence-electron chi connectivity index (χ1n) is 6.39. The van der Waals surface area contributed by atoms with E-state index in [1.165, 1.54) is 19.2 Å². The van der Waals surface area contributed by atoms with Gasteiger partial charge in [-0.05, 0) is 17.2 Å². The molecule has 0 N–H and O–H groups in total. The van der Waals surface area contributed by atoms with E-state index in [1.54, 1.807) is 30.3 Å². The van der Waals surface area contributed by atoms with Gasteiger partial charge in [0.1, 0.15) is 5.92 Å². The van der Waals surface area contributed by atoms with E-state index in [-0.39, 0.29) is 11.3 Å². The zero-order valence-electron chi connectivity index (χ0n) is 11.7. The van der Waals surface area contributed by atoms with Crippen molar-refractivity contribution in [1.29, 1.82) is 5.26 Å². The highest BCUT2D eigenvalue weighted by Gasteiger charge is 2.27. The van der Waals surface area contributed by atoms with Crippen LogP contribution in [0.15, 0.2) is 48.5 Å². The molecule has 2 aromatic rings. The Hall–Kier alpha value is -3.20. The number of ether oxygens (including phenoxy) is 1. The maximum atomic E-state index is 12.1. The molecule has 0 aliphatic heterocycles. The molecule has 6 heteroatoms. The Morgan fingerprint density at radius 1 is 1.27 bits per heavy atom. The largest absolute Gasteiger partial charge is 0.468 e. The Morgan fingerprint density at radius 2 is 1.95 bits per heavy atom. The summed E-state index contributed by atoms with van der Waals surface area (Å²) < 4.78 is 4.82. The number of non-ortho nitro benzene ring substituents is 1. The van der Waals surface area contributed by atoms with E-state index >= 15 is 0 Å². The van der Waals surface area contributed by atoms with Crippen molar-refractivity contribution in [3.63, 3.8) is 0 Å². The zero-order chi connectivity index (χ0) is 16.1. The molecule has 0 aromatic heterocycles. The number of carbonyl (C=O) groups is 1. The van der Waals surface area contributed by atoms with Crippen molar-refractivity contribution in [3.8, 4) is 6.07 Å². The van der Waals surface area contributed by atoms with Gasteiger partial charge in [-0.15, -0.1) is 0 Å². The van der Waals surface area contributed by atoms with Gasteiger partial charge in [-0.25, -0.2) is 0 Å². The maximum Gasteiger partial charge on any atom is 0.317 e. The average molecular weight is 296 g/mol. The lowest BCUT2D eigenvalue weighted by molar-refractivity contribution is -0.384. The smallest absolute Gasteiger partial charge is 0.317 e. The van der Waals surface area contributed by atoms with Crippen LogP contribution in [0.1, 0.15) is 22.6 Å². The summed E-state index contributed by atoms with van der Waals surface area (Å²) in [4.78, 5) is 22.4. The fourth-order valence-corrected chi connectivity index (χ4v) is 2.21. The van der Waals surface area contributed by atoms with Gasteiger partial charge in [0.15, 0.2) is 0 Å². The second-order valence-corrected chi connectivity index (χ2v) is 4.51. The molecular weight excluding hydrogens is 284 g/mol. The Labute approximate surface area is 126 Å². The van der Waals surface area contributed by atoms with Gasteiger partial charge in [0.05, 0.1) is 23.7 Å². The molecule has 6 nitrogen and oxygen atoms in total. The van der Waals surface area contributed by atoms with E-state index in [2.05, 4.69) is 0 Å². The van der Waals surface area contributed by atoms with Gasteiger partial charge >= 0.3 is 5.97 Å². The van der Waals surface area contributed by atoms with Gasteiger partial charge in [-0.3, -0.25) is 14.9 Å². The van der Waals surface area contributed by atoms with Crippen molar-refractivity contribution < 1.29 is 14.5 Å². The molecule has 2 aromatic carbocycles. The van der Waals surface area contributed by atoms with Crippen LogP contribution in [-0.2, 0) is 9.53 Å². The second-order valence-electron chi connectivity index (χ2n) is 4.51.